The Labute approximate surface area is 57.3 Å². The van der Waals surface area contributed by atoms with E-state index in [2.05, 4.69) is 4.98 Å². The number of anilines is 1. The van der Waals surface area contributed by atoms with Gasteiger partial charge in [-0.15, -0.1) is 0 Å². The first kappa shape index (κ1) is 6.80. The Hall–Kier alpha value is -1.32. The quantitative estimate of drug-likeness (QED) is 0.527. The van der Waals surface area contributed by atoms with Gasteiger partial charge in [-0.1, -0.05) is 0 Å². The van der Waals surface area contributed by atoms with Gasteiger partial charge in [-0.3, -0.25) is 0 Å². The van der Waals surface area contributed by atoms with Gasteiger partial charge in [-0.2, -0.15) is 9.37 Å². The molecule has 0 aliphatic carbocycles. The predicted molar refractivity (Wildman–Crippen MR) is 35.0 cm³/mol. The van der Waals surface area contributed by atoms with Crippen LogP contribution in [-0.4, -0.2) is 10.1 Å². The number of pyridine rings is 1. The van der Waals surface area contributed by atoms with Gasteiger partial charge in [0.25, 0.3) is 5.95 Å². The van der Waals surface area contributed by atoms with Crippen LogP contribution in [0.2, 0.25) is 0 Å². The summed E-state index contributed by atoms with van der Waals surface area (Å²) in [6.45, 7) is 1.64. The number of rotatable bonds is 0. The second-order valence-electron chi connectivity index (χ2n) is 2.00. The SMILES string of the molecule is Cc1cc(O)c(F)nc1N. The first-order chi connectivity index (χ1) is 4.61. The molecule has 0 aromatic carbocycles. The third-order valence-electron chi connectivity index (χ3n) is 1.19. The molecule has 0 atom stereocenters. The minimum Gasteiger partial charge on any atom is -0.504 e. The van der Waals surface area contributed by atoms with E-state index in [1.165, 1.54) is 6.07 Å². The summed E-state index contributed by atoms with van der Waals surface area (Å²) in [4.78, 5) is 3.23. The fraction of sp³-hybridized carbons (Fsp3) is 0.167. The third-order valence-corrected chi connectivity index (χ3v) is 1.19. The molecule has 0 aliphatic heterocycles. The van der Waals surface area contributed by atoms with Gasteiger partial charge in [0.1, 0.15) is 5.82 Å². The number of aromatic nitrogens is 1. The minimum absolute atomic E-state index is 0.107. The van der Waals surface area contributed by atoms with Crippen molar-refractivity contribution in [3.8, 4) is 5.75 Å². The van der Waals surface area contributed by atoms with Crippen LogP contribution in [0.1, 0.15) is 5.56 Å². The maximum Gasteiger partial charge on any atom is 0.256 e. The highest BCUT2D eigenvalue weighted by atomic mass is 19.1. The second kappa shape index (κ2) is 2.13. The molecule has 54 valence electrons. The smallest absolute Gasteiger partial charge is 0.256 e. The van der Waals surface area contributed by atoms with E-state index < -0.39 is 11.7 Å². The highest BCUT2D eigenvalue weighted by Gasteiger charge is 2.03. The van der Waals surface area contributed by atoms with Crippen molar-refractivity contribution in [3.05, 3.63) is 17.6 Å². The maximum absolute atomic E-state index is 12.3. The molecule has 0 saturated heterocycles. The van der Waals surface area contributed by atoms with Crippen molar-refractivity contribution in [2.45, 2.75) is 6.92 Å². The molecule has 0 fully saturated rings. The fourth-order valence-electron chi connectivity index (χ4n) is 0.590. The zero-order valence-electron chi connectivity index (χ0n) is 5.43. The van der Waals surface area contributed by atoms with E-state index in [-0.39, 0.29) is 5.82 Å². The molecular weight excluding hydrogens is 135 g/mol. The standard InChI is InChI=1S/C6H7FN2O/c1-3-2-4(10)5(7)9-6(3)8/h2,10H,1H3,(H2,8,9). The molecule has 0 saturated carbocycles. The number of aryl methyl sites for hydroxylation is 1. The lowest BCUT2D eigenvalue weighted by atomic mass is 10.3. The van der Waals surface area contributed by atoms with E-state index in [4.69, 9.17) is 10.8 Å². The molecule has 1 aromatic heterocycles. The number of hydrogen-bond acceptors (Lipinski definition) is 3. The van der Waals surface area contributed by atoms with Crippen LogP contribution in [0.3, 0.4) is 0 Å². The van der Waals surface area contributed by atoms with Gasteiger partial charge in [0, 0.05) is 0 Å². The number of nitrogens with two attached hydrogens (primary N) is 1. The predicted octanol–water partition coefficient (Wildman–Crippen LogP) is 0.817. The summed E-state index contributed by atoms with van der Waals surface area (Å²) < 4.78 is 12.3. The highest BCUT2D eigenvalue weighted by molar-refractivity contribution is 5.41. The van der Waals surface area contributed by atoms with Crippen LogP contribution in [0, 0.1) is 12.9 Å². The van der Waals surface area contributed by atoms with Gasteiger partial charge >= 0.3 is 0 Å². The van der Waals surface area contributed by atoms with Crippen molar-refractivity contribution in [2.24, 2.45) is 0 Å². The Morgan fingerprint density at radius 1 is 1.70 bits per heavy atom. The lowest BCUT2D eigenvalue weighted by Crippen LogP contribution is -1.96. The summed E-state index contributed by atoms with van der Waals surface area (Å²) in [6.07, 6.45) is 0. The first-order valence-electron chi connectivity index (χ1n) is 2.73. The molecule has 0 aliphatic rings. The van der Waals surface area contributed by atoms with Crippen LogP contribution < -0.4 is 5.73 Å². The summed E-state index contributed by atoms with van der Waals surface area (Å²) in [6, 6.07) is 1.23. The molecule has 4 heteroatoms. The largest absolute Gasteiger partial charge is 0.504 e. The van der Waals surface area contributed by atoms with Gasteiger partial charge in [0.2, 0.25) is 0 Å². The molecule has 3 nitrogen and oxygen atoms in total. The van der Waals surface area contributed by atoms with E-state index in [0.29, 0.717) is 5.56 Å². The van der Waals surface area contributed by atoms with Crippen molar-refractivity contribution in [1.29, 1.82) is 0 Å². The number of hydrogen-bond donors (Lipinski definition) is 2. The molecule has 0 unspecified atom stereocenters. The van der Waals surface area contributed by atoms with Gasteiger partial charge in [-0.25, -0.2) is 0 Å². The summed E-state index contributed by atoms with van der Waals surface area (Å²) in [7, 11) is 0. The monoisotopic (exact) mass is 142 g/mol. The van der Waals surface area contributed by atoms with Crippen LogP contribution in [0.4, 0.5) is 10.2 Å². The molecule has 3 N–H and O–H groups in total. The Kier molecular flexibility index (Phi) is 1.45. The van der Waals surface area contributed by atoms with Crippen molar-refractivity contribution >= 4 is 5.82 Å². The van der Waals surface area contributed by atoms with Crippen LogP contribution >= 0.6 is 0 Å². The number of aromatic hydroxyl groups is 1. The summed E-state index contributed by atoms with van der Waals surface area (Å²) in [5, 5.41) is 8.73. The maximum atomic E-state index is 12.3. The molecule has 0 radical (unpaired) electrons. The Balaban J connectivity index is 3.28. The average Bonchev–Trinajstić information content (AvgIpc) is 1.84. The van der Waals surface area contributed by atoms with Crippen molar-refractivity contribution in [2.75, 3.05) is 5.73 Å². The third kappa shape index (κ3) is 1.00. The van der Waals surface area contributed by atoms with Crippen LogP contribution in [0.25, 0.3) is 0 Å². The Morgan fingerprint density at radius 2 is 2.30 bits per heavy atom. The average molecular weight is 142 g/mol. The topological polar surface area (TPSA) is 59.1 Å². The fourth-order valence-corrected chi connectivity index (χ4v) is 0.590. The molecule has 10 heavy (non-hydrogen) atoms. The van der Waals surface area contributed by atoms with E-state index in [1.807, 2.05) is 0 Å². The van der Waals surface area contributed by atoms with Gasteiger partial charge in [-0.05, 0) is 18.6 Å². The molecule has 1 aromatic rings. The zero-order valence-corrected chi connectivity index (χ0v) is 5.43. The highest BCUT2D eigenvalue weighted by Crippen LogP contribution is 2.17. The molecule has 1 heterocycles. The Morgan fingerprint density at radius 3 is 2.80 bits per heavy atom. The molecular formula is C6H7FN2O. The van der Waals surface area contributed by atoms with Gasteiger partial charge in [0.15, 0.2) is 5.75 Å². The molecule has 0 amide bonds. The molecule has 0 bridgehead atoms. The number of nitrogen functional groups attached to an aromatic ring is 1. The van der Waals surface area contributed by atoms with Gasteiger partial charge < -0.3 is 10.8 Å². The second-order valence-corrected chi connectivity index (χ2v) is 2.00. The van der Waals surface area contributed by atoms with Crippen molar-refractivity contribution in [3.63, 3.8) is 0 Å². The van der Waals surface area contributed by atoms with Crippen LogP contribution in [-0.2, 0) is 0 Å². The van der Waals surface area contributed by atoms with E-state index in [1.54, 1.807) is 6.92 Å². The van der Waals surface area contributed by atoms with Crippen LogP contribution in [0.5, 0.6) is 5.75 Å². The number of nitrogens with zero attached hydrogens (tertiary/aromatic N) is 1. The normalized spacial score (nSPS) is 9.80. The summed E-state index contributed by atoms with van der Waals surface area (Å²) >= 11 is 0. The van der Waals surface area contributed by atoms with E-state index in [9.17, 15) is 4.39 Å². The number of halogens is 1. The zero-order chi connectivity index (χ0) is 7.72. The van der Waals surface area contributed by atoms with Crippen molar-refractivity contribution < 1.29 is 9.50 Å². The van der Waals surface area contributed by atoms with E-state index in [0.717, 1.165) is 0 Å². The van der Waals surface area contributed by atoms with Crippen LogP contribution in [0.15, 0.2) is 6.07 Å². The molecule has 1 rings (SSSR count). The van der Waals surface area contributed by atoms with Crippen molar-refractivity contribution in [1.82, 2.24) is 4.98 Å². The van der Waals surface area contributed by atoms with Gasteiger partial charge in [0.05, 0.1) is 0 Å². The lowest BCUT2D eigenvalue weighted by molar-refractivity contribution is 0.419. The molecule has 0 spiro atoms. The van der Waals surface area contributed by atoms with E-state index >= 15 is 0 Å². The summed E-state index contributed by atoms with van der Waals surface area (Å²) in [5.41, 5.74) is 5.80. The minimum atomic E-state index is -0.928. The first-order valence-corrected chi connectivity index (χ1v) is 2.73. The lowest BCUT2D eigenvalue weighted by Gasteiger charge is -1.98. The Bertz CT molecular complexity index is 212. The summed E-state index contributed by atoms with van der Waals surface area (Å²) in [5.74, 6) is -1.29.